The van der Waals surface area contributed by atoms with Gasteiger partial charge in [-0.1, -0.05) is 28.1 Å². The van der Waals surface area contributed by atoms with Crippen molar-refractivity contribution in [3.8, 4) is 11.5 Å². The normalized spacial score (nSPS) is 14.0. The first-order valence-corrected chi connectivity index (χ1v) is 9.30. The summed E-state index contributed by atoms with van der Waals surface area (Å²) < 4.78 is 38.6. The molecule has 0 saturated heterocycles. The van der Waals surface area contributed by atoms with Crippen LogP contribution in [0.4, 0.5) is 0 Å². The van der Waals surface area contributed by atoms with Crippen LogP contribution in [0.3, 0.4) is 0 Å². The molecule has 1 aliphatic heterocycles. The summed E-state index contributed by atoms with van der Waals surface area (Å²) in [6.07, 6.45) is 0. The van der Waals surface area contributed by atoms with Crippen LogP contribution in [0.15, 0.2) is 51.8 Å². The largest absolute Gasteiger partial charge is 0.486 e. The number of benzene rings is 2. The van der Waals surface area contributed by atoms with Gasteiger partial charge in [0.2, 0.25) is 10.0 Å². The predicted molar refractivity (Wildman–Crippen MR) is 90.2 cm³/mol. The fourth-order valence-electron chi connectivity index (χ4n) is 2.30. The molecule has 1 aliphatic rings. The van der Waals surface area contributed by atoms with E-state index < -0.39 is 10.0 Å². The second-order valence-corrected chi connectivity index (χ2v) is 8.15. The number of sulfonamides is 1. The average molecular weight is 398 g/mol. The van der Waals surface area contributed by atoms with E-state index >= 15 is 0 Å². The highest BCUT2D eigenvalue weighted by Crippen LogP contribution is 2.33. The molecule has 5 nitrogen and oxygen atoms in total. The molecular formula is C16H16BrNO4S. The molecule has 0 N–H and O–H groups in total. The minimum atomic E-state index is -3.59. The van der Waals surface area contributed by atoms with Crippen molar-refractivity contribution in [2.45, 2.75) is 11.4 Å². The molecule has 0 spiro atoms. The summed E-state index contributed by atoms with van der Waals surface area (Å²) in [5.41, 5.74) is 0.914. The quantitative estimate of drug-likeness (QED) is 0.795. The molecule has 2 aromatic carbocycles. The Hall–Kier alpha value is -1.57. The first-order chi connectivity index (χ1) is 11.0. The average Bonchev–Trinajstić information content (AvgIpc) is 2.56. The summed E-state index contributed by atoms with van der Waals surface area (Å²) >= 11 is 3.37. The molecule has 1 heterocycles. The van der Waals surface area contributed by atoms with Crippen LogP contribution in [0.5, 0.6) is 11.5 Å². The lowest BCUT2D eigenvalue weighted by Crippen LogP contribution is -2.26. The Morgan fingerprint density at radius 1 is 1.04 bits per heavy atom. The maximum atomic E-state index is 12.7. The van der Waals surface area contributed by atoms with E-state index in [1.807, 2.05) is 24.3 Å². The lowest BCUT2D eigenvalue weighted by Gasteiger charge is -2.21. The number of halogens is 1. The molecule has 7 heteroatoms. The number of hydrogen-bond donors (Lipinski definition) is 0. The van der Waals surface area contributed by atoms with Crippen LogP contribution >= 0.6 is 15.9 Å². The molecule has 122 valence electrons. The van der Waals surface area contributed by atoms with Gasteiger partial charge in [0, 0.05) is 24.1 Å². The van der Waals surface area contributed by atoms with Crippen molar-refractivity contribution in [3.63, 3.8) is 0 Å². The summed E-state index contributed by atoms with van der Waals surface area (Å²) in [7, 11) is -2.03. The SMILES string of the molecule is CN(Cc1ccc(Br)cc1)S(=O)(=O)c1ccc2c(c1)OCCO2. The molecule has 3 rings (SSSR count). The molecule has 0 amide bonds. The highest BCUT2D eigenvalue weighted by atomic mass is 79.9. The van der Waals surface area contributed by atoms with Gasteiger partial charge in [-0.3, -0.25) is 0 Å². The van der Waals surface area contributed by atoms with E-state index in [0.717, 1.165) is 10.0 Å². The topological polar surface area (TPSA) is 55.8 Å². The molecular weight excluding hydrogens is 382 g/mol. The number of ether oxygens (including phenoxy) is 2. The third kappa shape index (κ3) is 3.52. The zero-order valence-electron chi connectivity index (χ0n) is 12.5. The Morgan fingerprint density at radius 2 is 1.70 bits per heavy atom. The Kier molecular flexibility index (Phi) is 4.61. The second-order valence-electron chi connectivity index (χ2n) is 5.19. The van der Waals surface area contributed by atoms with Crippen LogP contribution in [-0.2, 0) is 16.6 Å². The van der Waals surface area contributed by atoms with Gasteiger partial charge in [0.25, 0.3) is 0 Å². The standard InChI is InChI=1S/C16H16BrNO4S/c1-18(11-12-2-4-13(17)5-3-12)23(19,20)14-6-7-15-16(10-14)22-9-8-21-15/h2-7,10H,8-9,11H2,1H3. The zero-order valence-corrected chi connectivity index (χ0v) is 14.9. The van der Waals surface area contributed by atoms with Crippen molar-refractivity contribution < 1.29 is 17.9 Å². The Bertz CT molecular complexity index is 805. The first kappa shape index (κ1) is 16.3. The maximum Gasteiger partial charge on any atom is 0.243 e. The summed E-state index contributed by atoms with van der Waals surface area (Å²) in [6, 6.07) is 12.2. The molecule has 0 aromatic heterocycles. The van der Waals surface area contributed by atoms with Gasteiger partial charge < -0.3 is 9.47 Å². The molecule has 0 aliphatic carbocycles. The first-order valence-electron chi connectivity index (χ1n) is 7.07. The van der Waals surface area contributed by atoms with E-state index in [4.69, 9.17) is 9.47 Å². The van der Waals surface area contributed by atoms with Crippen molar-refractivity contribution in [2.75, 3.05) is 20.3 Å². The number of nitrogens with zero attached hydrogens (tertiary/aromatic N) is 1. The lowest BCUT2D eigenvalue weighted by molar-refractivity contribution is 0.171. The second kappa shape index (κ2) is 6.51. The minimum absolute atomic E-state index is 0.196. The van der Waals surface area contributed by atoms with Crippen molar-refractivity contribution in [1.29, 1.82) is 0 Å². The Balaban J connectivity index is 1.84. The van der Waals surface area contributed by atoms with Crippen LogP contribution in [-0.4, -0.2) is 33.0 Å². The molecule has 0 saturated carbocycles. The Morgan fingerprint density at radius 3 is 2.39 bits per heavy atom. The van der Waals surface area contributed by atoms with Crippen LogP contribution in [0.1, 0.15) is 5.56 Å². The minimum Gasteiger partial charge on any atom is -0.486 e. The van der Waals surface area contributed by atoms with Gasteiger partial charge in [-0.25, -0.2) is 8.42 Å². The van der Waals surface area contributed by atoms with Gasteiger partial charge in [0.15, 0.2) is 11.5 Å². The van der Waals surface area contributed by atoms with Crippen molar-refractivity contribution in [2.24, 2.45) is 0 Å². The van der Waals surface area contributed by atoms with Crippen LogP contribution in [0, 0.1) is 0 Å². The van der Waals surface area contributed by atoms with Gasteiger partial charge in [-0.15, -0.1) is 0 Å². The van der Waals surface area contributed by atoms with Crippen molar-refractivity contribution >= 4 is 26.0 Å². The number of hydrogen-bond acceptors (Lipinski definition) is 4. The lowest BCUT2D eigenvalue weighted by atomic mass is 10.2. The zero-order chi connectivity index (χ0) is 16.4. The van der Waals surface area contributed by atoms with Gasteiger partial charge in [0.1, 0.15) is 13.2 Å². The van der Waals surface area contributed by atoms with Gasteiger partial charge in [0.05, 0.1) is 4.90 Å². The summed E-state index contributed by atoms with van der Waals surface area (Å²) in [6.45, 7) is 1.19. The molecule has 0 fully saturated rings. The fourth-order valence-corrected chi connectivity index (χ4v) is 3.74. The van der Waals surface area contributed by atoms with Gasteiger partial charge >= 0.3 is 0 Å². The number of rotatable bonds is 4. The maximum absolute atomic E-state index is 12.7. The van der Waals surface area contributed by atoms with E-state index in [9.17, 15) is 8.42 Å². The highest BCUT2D eigenvalue weighted by molar-refractivity contribution is 9.10. The van der Waals surface area contributed by atoms with E-state index in [1.54, 1.807) is 19.2 Å². The van der Waals surface area contributed by atoms with Gasteiger partial charge in [-0.05, 0) is 29.8 Å². The van der Waals surface area contributed by atoms with E-state index in [2.05, 4.69) is 15.9 Å². The molecule has 0 atom stereocenters. The molecule has 0 radical (unpaired) electrons. The fraction of sp³-hybridized carbons (Fsp3) is 0.250. The van der Waals surface area contributed by atoms with E-state index in [1.165, 1.54) is 10.4 Å². The highest BCUT2D eigenvalue weighted by Gasteiger charge is 2.23. The van der Waals surface area contributed by atoms with Crippen molar-refractivity contribution in [3.05, 3.63) is 52.5 Å². The van der Waals surface area contributed by atoms with Crippen LogP contribution in [0.2, 0.25) is 0 Å². The number of fused-ring (bicyclic) bond motifs is 1. The molecule has 23 heavy (non-hydrogen) atoms. The molecule has 0 bridgehead atoms. The van der Waals surface area contributed by atoms with Crippen LogP contribution < -0.4 is 9.47 Å². The van der Waals surface area contributed by atoms with E-state index in [0.29, 0.717) is 31.3 Å². The predicted octanol–water partition coefficient (Wildman–Crippen LogP) is 3.04. The third-order valence-electron chi connectivity index (χ3n) is 3.54. The van der Waals surface area contributed by atoms with Gasteiger partial charge in [-0.2, -0.15) is 4.31 Å². The smallest absolute Gasteiger partial charge is 0.243 e. The summed E-state index contributed by atoms with van der Waals surface area (Å²) in [4.78, 5) is 0.196. The molecule has 0 unspecified atom stereocenters. The third-order valence-corrected chi connectivity index (χ3v) is 5.87. The van der Waals surface area contributed by atoms with E-state index in [-0.39, 0.29) is 4.90 Å². The van der Waals surface area contributed by atoms with Crippen LogP contribution in [0.25, 0.3) is 0 Å². The van der Waals surface area contributed by atoms with Crippen molar-refractivity contribution in [1.82, 2.24) is 4.31 Å². The monoisotopic (exact) mass is 397 g/mol. The Labute approximate surface area is 144 Å². The summed E-state index contributed by atoms with van der Waals surface area (Å²) in [5.74, 6) is 1.04. The molecule has 2 aromatic rings. The summed E-state index contributed by atoms with van der Waals surface area (Å²) in [5, 5.41) is 0.